The zero-order valence-corrected chi connectivity index (χ0v) is 19.2. The van der Waals surface area contributed by atoms with E-state index < -0.39 is 0 Å². The molecule has 0 aliphatic carbocycles. The summed E-state index contributed by atoms with van der Waals surface area (Å²) in [6.07, 6.45) is 1.60. The van der Waals surface area contributed by atoms with Crippen LogP contribution in [0.15, 0.2) is 17.3 Å². The van der Waals surface area contributed by atoms with Gasteiger partial charge >= 0.3 is 0 Å². The molecule has 0 aliphatic rings. The molecule has 0 amide bonds. The lowest BCUT2D eigenvalue weighted by molar-refractivity contribution is 0.555. The molecule has 3 aromatic rings. The highest BCUT2D eigenvalue weighted by Gasteiger charge is 2.17. The number of hydrogen-bond acceptors (Lipinski definition) is 9. The van der Waals surface area contributed by atoms with Crippen LogP contribution >= 0.6 is 34.4 Å². The average molecular weight is 413 g/mol. The highest BCUT2D eigenvalue weighted by molar-refractivity contribution is 7.09. The summed E-state index contributed by atoms with van der Waals surface area (Å²) in [5.41, 5.74) is 3.80. The molecule has 0 fully saturated rings. The van der Waals surface area contributed by atoms with E-state index in [1.165, 1.54) is 23.1 Å². The first-order valence-electron chi connectivity index (χ1n) is 8.32. The summed E-state index contributed by atoms with van der Waals surface area (Å²) in [5, 5.41) is 9.81. The van der Waals surface area contributed by atoms with Crippen molar-refractivity contribution in [2.75, 3.05) is 0 Å². The molecule has 3 aromatic heterocycles. The second-order valence-electron chi connectivity index (χ2n) is 7.93. The van der Waals surface area contributed by atoms with Crippen molar-refractivity contribution in [2.24, 2.45) is 0 Å². The zero-order chi connectivity index (χ0) is 19.8. The summed E-state index contributed by atoms with van der Waals surface area (Å²) in [5.74, 6) is 1.47. The van der Waals surface area contributed by atoms with Crippen LogP contribution < -0.4 is 0 Å². The highest BCUT2D eigenvalue weighted by Crippen LogP contribution is 2.21. The summed E-state index contributed by atoms with van der Waals surface area (Å²) >= 11 is 4.48. The smallest absolute Gasteiger partial charge is 0.147 e. The van der Waals surface area contributed by atoms with Gasteiger partial charge in [-0.1, -0.05) is 55.4 Å². The van der Waals surface area contributed by atoms with Crippen LogP contribution in [0.1, 0.15) is 77.1 Å². The normalized spacial score (nSPS) is 11.4. The van der Waals surface area contributed by atoms with E-state index in [0.29, 0.717) is 5.92 Å². The third-order valence-electron chi connectivity index (χ3n) is 2.91. The number of aromatic nitrogens is 6. The molecule has 0 saturated heterocycles. The molecule has 3 heterocycles. The molecule has 0 aromatic carbocycles. The predicted molar refractivity (Wildman–Crippen MR) is 111 cm³/mol. The Labute approximate surface area is 168 Å². The van der Waals surface area contributed by atoms with Crippen LogP contribution in [0.4, 0.5) is 0 Å². The standard InChI is InChI=1S/2C6H10N2S.C5H8N2S/c1-6(2,3)5-7-4-9-8-5;1-6(2,3)5-7-4-8-9-5;1-4(2)5-7-6-3-8-5/h2*4H,1-3H3;3-4H,1-2H3. The van der Waals surface area contributed by atoms with E-state index in [2.05, 4.69) is 84.3 Å². The minimum atomic E-state index is 0.111. The maximum Gasteiger partial charge on any atom is 0.147 e. The number of nitrogens with zero attached hydrogens (tertiary/aromatic N) is 6. The molecule has 0 atom stereocenters. The van der Waals surface area contributed by atoms with Crippen molar-refractivity contribution in [3.8, 4) is 0 Å². The monoisotopic (exact) mass is 412 g/mol. The Morgan fingerprint density at radius 2 is 1.62 bits per heavy atom. The number of hydrogen-bond donors (Lipinski definition) is 0. The summed E-state index contributed by atoms with van der Waals surface area (Å²) in [6.45, 7) is 16.9. The molecular weight excluding hydrogens is 384 g/mol. The average Bonchev–Trinajstić information content (AvgIpc) is 3.28. The Morgan fingerprint density at radius 1 is 0.923 bits per heavy atom. The Morgan fingerprint density at radius 3 is 1.85 bits per heavy atom. The van der Waals surface area contributed by atoms with Crippen LogP contribution in [0.3, 0.4) is 0 Å². The minimum Gasteiger partial charge on any atom is -0.227 e. The van der Waals surface area contributed by atoms with Gasteiger partial charge in [-0.3, -0.25) is 0 Å². The second kappa shape index (κ2) is 10.1. The van der Waals surface area contributed by atoms with Crippen LogP contribution in [0.2, 0.25) is 0 Å². The topological polar surface area (TPSA) is 77.3 Å². The van der Waals surface area contributed by atoms with E-state index in [9.17, 15) is 0 Å². The molecule has 0 aliphatic heterocycles. The quantitative estimate of drug-likeness (QED) is 0.537. The lowest BCUT2D eigenvalue weighted by Crippen LogP contribution is -2.12. The molecule has 0 spiro atoms. The summed E-state index contributed by atoms with van der Waals surface area (Å²) in [4.78, 5) is 8.19. The summed E-state index contributed by atoms with van der Waals surface area (Å²) in [7, 11) is 0. The van der Waals surface area contributed by atoms with E-state index in [4.69, 9.17) is 0 Å². The van der Waals surface area contributed by atoms with Gasteiger partial charge in [-0.05, 0) is 23.1 Å². The van der Waals surface area contributed by atoms with Crippen molar-refractivity contribution in [3.05, 3.63) is 33.2 Å². The van der Waals surface area contributed by atoms with Crippen LogP contribution in [-0.2, 0) is 10.8 Å². The first-order chi connectivity index (χ1) is 12.0. The molecule has 26 heavy (non-hydrogen) atoms. The van der Waals surface area contributed by atoms with E-state index in [-0.39, 0.29) is 10.8 Å². The molecule has 3 rings (SSSR count). The van der Waals surface area contributed by atoms with Gasteiger partial charge in [0.1, 0.15) is 33.2 Å². The molecule has 0 radical (unpaired) electrons. The van der Waals surface area contributed by atoms with Gasteiger partial charge in [0.2, 0.25) is 0 Å². The SMILES string of the molecule is CC(C)(C)c1ncns1.CC(C)(C)c1ncsn1.CC(C)c1nncs1. The van der Waals surface area contributed by atoms with E-state index >= 15 is 0 Å². The van der Waals surface area contributed by atoms with Crippen LogP contribution in [0.25, 0.3) is 0 Å². The van der Waals surface area contributed by atoms with Crippen molar-refractivity contribution < 1.29 is 0 Å². The van der Waals surface area contributed by atoms with Gasteiger partial charge in [-0.15, -0.1) is 21.5 Å². The van der Waals surface area contributed by atoms with Gasteiger partial charge in [0, 0.05) is 16.7 Å². The maximum atomic E-state index is 4.12. The van der Waals surface area contributed by atoms with E-state index in [1.54, 1.807) is 28.7 Å². The van der Waals surface area contributed by atoms with E-state index in [1.807, 2.05) is 0 Å². The van der Waals surface area contributed by atoms with Crippen LogP contribution in [0.5, 0.6) is 0 Å². The first kappa shape index (κ1) is 22.7. The molecule has 0 bridgehead atoms. The minimum absolute atomic E-state index is 0.111. The highest BCUT2D eigenvalue weighted by atomic mass is 32.1. The molecular formula is C17H28N6S3. The first-order valence-corrected chi connectivity index (χ1v) is 10.8. The lowest BCUT2D eigenvalue weighted by Gasteiger charge is -2.11. The molecule has 9 heteroatoms. The van der Waals surface area contributed by atoms with Gasteiger partial charge in [0.15, 0.2) is 0 Å². The second-order valence-corrected chi connectivity index (χ2v) is 10.2. The Bertz CT molecular complexity index is 649. The maximum absolute atomic E-state index is 4.12. The molecule has 0 N–H and O–H groups in total. The van der Waals surface area contributed by atoms with Crippen molar-refractivity contribution in [2.45, 2.75) is 72.1 Å². The molecule has 0 saturated carbocycles. The van der Waals surface area contributed by atoms with Gasteiger partial charge in [-0.25, -0.2) is 9.97 Å². The van der Waals surface area contributed by atoms with Gasteiger partial charge in [0.25, 0.3) is 0 Å². The molecule has 6 nitrogen and oxygen atoms in total. The third-order valence-corrected chi connectivity index (χ3v) is 5.47. The predicted octanol–water partition coefficient (Wildman–Crippen LogP) is 5.33. The van der Waals surface area contributed by atoms with Gasteiger partial charge in [0.05, 0.1) is 0 Å². The van der Waals surface area contributed by atoms with Crippen molar-refractivity contribution in [1.29, 1.82) is 0 Å². The van der Waals surface area contributed by atoms with Crippen molar-refractivity contribution in [1.82, 2.24) is 28.9 Å². The Balaban J connectivity index is 0.000000195. The molecule has 0 unspecified atom stereocenters. The van der Waals surface area contributed by atoms with Crippen LogP contribution in [-0.4, -0.2) is 28.9 Å². The zero-order valence-electron chi connectivity index (χ0n) is 16.7. The Hall–Kier alpha value is -1.32. The van der Waals surface area contributed by atoms with E-state index in [0.717, 1.165) is 15.8 Å². The largest absolute Gasteiger partial charge is 0.227 e. The summed E-state index contributed by atoms with van der Waals surface area (Å²) in [6, 6.07) is 0. The molecule has 144 valence electrons. The fourth-order valence-electron chi connectivity index (χ4n) is 1.44. The van der Waals surface area contributed by atoms with Crippen molar-refractivity contribution in [3.63, 3.8) is 0 Å². The Kier molecular flexibility index (Phi) is 8.85. The van der Waals surface area contributed by atoms with Gasteiger partial charge < -0.3 is 0 Å². The van der Waals surface area contributed by atoms with Crippen molar-refractivity contribution >= 4 is 34.4 Å². The summed E-state index contributed by atoms with van der Waals surface area (Å²) < 4.78 is 8.04. The lowest BCUT2D eigenvalue weighted by atomic mass is 9.96. The van der Waals surface area contributed by atoms with Gasteiger partial charge in [-0.2, -0.15) is 8.75 Å². The number of rotatable bonds is 1. The fraction of sp³-hybridized carbons (Fsp3) is 0.647. The van der Waals surface area contributed by atoms with Crippen LogP contribution in [0, 0.1) is 0 Å². The fourth-order valence-corrected chi connectivity index (χ4v) is 3.18. The third kappa shape index (κ3) is 8.37.